The van der Waals surface area contributed by atoms with E-state index in [1.165, 1.54) is 0 Å². The van der Waals surface area contributed by atoms with E-state index in [0.717, 1.165) is 10.0 Å². The number of ether oxygens (including phenoxy) is 3. The highest BCUT2D eigenvalue weighted by Gasteiger charge is 2.10. The number of nitrogens with one attached hydrogen (secondary N) is 2. The number of carbonyl (C=O) groups excluding carboxylic acids is 1. The Morgan fingerprint density at radius 1 is 1.18 bits per heavy atom. The van der Waals surface area contributed by atoms with Gasteiger partial charge in [-0.25, -0.2) is 0 Å². The topological polar surface area (TPSA) is 68.8 Å². The van der Waals surface area contributed by atoms with Crippen LogP contribution in [-0.2, 0) is 16.1 Å². The van der Waals surface area contributed by atoms with Crippen LogP contribution < -0.4 is 20.1 Å². The van der Waals surface area contributed by atoms with Crippen molar-refractivity contribution in [1.82, 2.24) is 10.6 Å². The summed E-state index contributed by atoms with van der Waals surface area (Å²) in [6.07, 6.45) is 0. The number of halogens is 2. The number of amides is 1. The van der Waals surface area contributed by atoms with Gasteiger partial charge in [-0.05, 0) is 17.7 Å². The van der Waals surface area contributed by atoms with Gasteiger partial charge in [-0.3, -0.25) is 4.79 Å². The first kappa shape index (κ1) is 21.0. The molecule has 0 radical (unpaired) electrons. The Morgan fingerprint density at radius 2 is 1.82 bits per heavy atom. The molecule has 0 aliphatic rings. The first-order chi connectivity index (χ1) is 10.1. The molecule has 0 unspecified atom stereocenters. The molecule has 0 aliphatic carbocycles. The van der Waals surface area contributed by atoms with Crippen LogP contribution in [0.15, 0.2) is 16.6 Å². The fourth-order valence-electron chi connectivity index (χ4n) is 1.66. The minimum atomic E-state index is -0.0761. The van der Waals surface area contributed by atoms with Crippen molar-refractivity contribution in [2.75, 3.05) is 41.0 Å². The second kappa shape index (κ2) is 11.5. The number of hydrogen-bond donors (Lipinski definition) is 2. The SMILES string of the molecule is COCCNCC(=O)NCc1cc(OC)c(OC)cc1Br.Cl. The van der Waals surface area contributed by atoms with Gasteiger partial charge in [0.1, 0.15) is 0 Å². The Hall–Kier alpha value is -1.02. The zero-order valence-electron chi connectivity index (χ0n) is 12.9. The first-order valence-electron chi connectivity index (χ1n) is 6.49. The predicted molar refractivity (Wildman–Crippen MR) is 91.1 cm³/mol. The van der Waals surface area contributed by atoms with Crippen molar-refractivity contribution in [3.63, 3.8) is 0 Å². The summed E-state index contributed by atoms with van der Waals surface area (Å²) in [6, 6.07) is 3.65. The van der Waals surface area contributed by atoms with Crippen LogP contribution in [0.25, 0.3) is 0 Å². The molecule has 6 nitrogen and oxygen atoms in total. The summed E-state index contributed by atoms with van der Waals surface area (Å²) in [5.41, 5.74) is 0.915. The number of benzene rings is 1. The van der Waals surface area contributed by atoms with Crippen LogP contribution in [0.3, 0.4) is 0 Å². The molecule has 0 spiro atoms. The average Bonchev–Trinajstić information content (AvgIpc) is 2.50. The predicted octanol–water partition coefficient (Wildman–Crippen LogP) is 1.74. The van der Waals surface area contributed by atoms with Gasteiger partial charge < -0.3 is 24.8 Å². The monoisotopic (exact) mass is 396 g/mol. The Balaban J connectivity index is 0.00000441. The normalized spacial score (nSPS) is 9.82. The number of carbonyl (C=O) groups is 1. The first-order valence-corrected chi connectivity index (χ1v) is 7.28. The van der Waals surface area contributed by atoms with Crippen LogP contribution in [0.2, 0.25) is 0 Å². The quantitative estimate of drug-likeness (QED) is 0.621. The summed E-state index contributed by atoms with van der Waals surface area (Å²) in [4.78, 5) is 11.7. The maximum atomic E-state index is 11.7. The minimum absolute atomic E-state index is 0. The number of rotatable bonds is 9. The lowest BCUT2D eigenvalue weighted by atomic mass is 10.2. The van der Waals surface area contributed by atoms with Crippen molar-refractivity contribution < 1.29 is 19.0 Å². The van der Waals surface area contributed by atoms with E-state index in [1.54, 1.807) is 21.3 Å². The molecule has 0 saturated carbocycles. The molecular weight excluding hydrogens is 376 g/mol. The van der Waals surface area contributed by atoms with E-state index in [9.17, 15) is 4.79 Å². The summed E-state index contributed by atoms with van der Waals surface area (Å²) in [5, 5.41) is 5.82. The van der Waals surface area contributed by atoms with E-state index in [2.05, 4.69) is 26.6 Å². The third-order valence-electron chi connectivity index (χ3n) is 2.80. The molecule has 0 aliphatic heterocycles. The van der Waals surface area contributed by atoms with E-state index in [-0.39, 0.29) is 24.9 Å². The molecule has 0 fully saturated rings. The van der Waals surface area contributed by atoms with Gasteiger partial charge in [0.15, 0.2) is 11.5 Å². The summed E-state index contributed by atoms with van der Waals surface area (Å²) in [7, 11) is 4.78. The van der Waals surface area contributed by atoms with Crippen LogP contribution in [0.4, 0.5) is 0 Å². The molecule has 8 heteroatoms. The molecule has 2 N–H and O–H groups in total. The minimum Gasteiger partial charge on any atom is -0.493 e. The van der Waals surface area contributed by atoms with Gasteiger partial charge in [0.25, 0.3) is 0 Å². The van der Waals surface area contributed by atoms with Crippen molar-refractivity contribution >= 4 is 34.2 Å². The second-order valence-electron chi connectivity index (χ2n) is 4.24. The van der Waals surface area contributed by atoms with Crippen LogP contribution in [0.1, 0.15) is 5.56 Å². The zero-order chi connectivity index (χ0) is 15.7. The molecule has 1 aromatic rings. The van der Waals surface area contributed by atoms with Crippen molar-refractivity contribution in [3.8, 4) is 11.5 Å². The molecular formula is C14H22BrClN2O4. The van der Waals surface area contributed by atoms with Gasteiger partial charge in [-0.15, -0.1) is 12.4 Å². The van der Waals surface area contributed by atoms with Crippen LogP contribution >= 0.6 is 28.3 Å². The molecule has 0 saturated heterocycles. The van der Waals surface area contributed by atoms with Gasteiger partial charge in [-0.2, -0.15) is 0 Å². The molecule has 0 bridgehead atoms. The average molecular weight is 398 g/mol. The van der Waals surface area contributed by atoms with Crippen LogP contribution in [0, 0.1) is 0 Å². The molecule has 0 atom stereocenters. The lowest BCUT2D eigenvalue weighted by molar-refractivity contribution is -0.120. The molecule has 1 amide bonds. The molecule has 22 heavy (non-hydrogen) atoms. The van der Waals surface area contributed by atoms with Crippen molar-refractivity contribution in [2.24, 2.45) is 0 Å². The standard InChI is InChI=1S/C14H21BrN2O4.ClH/c1-19-5-4-16-9-14(18)17-8-10-6-12(20-2)13(21-3)7-11(10)15;/h6-7,16H,4-5,8-9H2,1-3H3,(H,17,18);1H. The molecule has 126 valence electrons. The Bertz CT molecular complexity index is 474. The summed E-state index contributed by atoms with van der Waals surface area (Å²) < 4.78 is 16.2. The van der Waals surface area contributed by atoms with Gasteiger partial charge in [-0.1, -0.05) is 15.9 Å². The summed E-state index contributed by atoms with van der Waals surface area (Å²) >= 11 is 3.46. The second-order valence-corrected chi connectivity index (χ2v) is 5.10. The van der Waals surface area contributed by atoms with Gasteiger partial charge in [0.05, 0.1) is 27.4 Å². The fraction of sp³-hybridized carbons (Fsp3) is 0.500. The number of methoxy groups -OCH3 is 3. The highest BCUT2D eigenvalue weighted by atomic mass is 79.9. The fourth-order valence-corrected chi connectivity index (χ4v) is 2.13. The lowest BCUT2D eigenvalue weighted by Gasteiger charge is -2.12. The molecule has 0 heterocycles. The van der Waals surface area contributed by atoms with Gasteiger partial charge >= 0.3 is 0 Å². The maximum absolute atomic E-state index is 11.7. The molecule has 0 aromatic heterocycles. The van der Waals surface area contributed by atoms with E-state index in [0.29, 0.717) is 31.2 Å². The van der Waals surface area contributed by atoms with Crippen molar-refractivity contribution in [2.45, 2.75) is 6.54 Å². The Labute approximate surface area is 145 Å². The highest BCUT2D eigenvalue weighted by Crippen LogP contribution is 2.33. The Morgan fingerprint density at radius 3 is 2.41 bits per heavy atom. The van der Waals surface area contributed by atoms with E-state index in [1.807, 2.05) is 12.1 Å². The third-order valence-corrected chi connectivity index (χ3v) is 3.54. The van der Waals surface area contributed by atoms with E-state index < -0.39 is 0 Å². The Kier molecular flexibility index (Phi) is 11.0. The largest absolute Gasteiger partial charge is 0.493 e. The molecule has 1 aromatic carbocycles. The highest BCUT2D eigenvalue weighted by molar-refractivity contribution is 9.10. The molecule has 1 rings (SSSR count). The van der Waals surface area contributed by atoms with E-state index in [4.69, 9.17) is 14.2 Å². The third kappa shape index (κ3) is 6.83. The zero-order valence-corrected chi connectivity index (χ0v) is 15.3. The lowest BCUT2D eigenvalue weighted by Crippen LogP contribution is -2.34. The van der Waals surface area contributed by atoms with Gasteiger partial charge in [0, 0.05) is 24.7 Å². The van der Waals surface area contributed by atoms with E-state index >= 15 is 0 Å². The van der Waals surface area contributed by atoms with Crippen LogP contribution in [0.5, 0.6) is 11.5 Å². The summed E-state index contributed by atoms with van der Waals surface area (Å²) in [5.74, 6) is 1.19. The van der Waals surface area contributed by atoms with Crippen molar-refractivity contribution in [3.05, 3.63) is 22.2 Å². The van der Waals surface area contributed by atoms with Crippen molar-refractivity contribution in [1.29, 1.82) is 0 Å². The maximum Gasteiger partial charge on any atom is 0.234 e. The smallest absolute Gasteiger partial charge is 0.234 e. The van der Waals surface area contributed by atoms with Gasteiger partial charge in [0.2, 0.25) is 5.91 Å². The number of hydrogen-bond acceptors (Lipinski definition) is 5. The van der Waals surface area contributed by atoms with Crippen LogP contribution in [-0.4, -0.2) is 46.9 Å². The summed E-state index contributed by atoms with van der Waals surface area (Å²) in [6.45, 7) is 1.89.